The molecule has 0 spiro atoms. The average molecular weight is 1060 g/mol. The number of hydrogen-bond donors (Lipinski definition) is 0. The minimum absolute atomic E-state index is 0.0831. The van der Waals surface area contributed by atoms with E-state index < -0.39 is 6.10 Å². The first kappa shape index (κ1) is 72.6. The molecule has 0 fully saturated rings. The predicted octanol–water partition coefficient (Wildman–Crippen LogP) is 22.3. The fourth-order valence-electron chi connectivity index (χ4n) is 9.23. The number of hydrogen-bond acceptors (Lipinski definition) is 6. The van der Waals surface area contributed by atoms with Gasteiger partial charge in [-0.25, -0.2) is 0 Å². The normalized spacial score (nSPS) is 12.6. The molecule has 0 aromatic carbocycles. The maximum absolute atomic E-state index is 12.9. The summed E-state index contributed by atoms with van der Waals surface area (Å²) in [6, 6.07) is 0. The van der Waals surface area contributed by atoms with Gasteiger partial charge in [-0.1, -0.05) is 273 Å². The summed E-state index contributed by atoms with van der Waals surface area (Å²) in [5, 5.41) is 0. The number of esters is 3. The SMILES string of the molecule is CC/C=C\C/C=C\C/C=C\C/C=C\CCCCCCCCCCCCCCCCC(=O)OCC(COC(=O)CCCCCCC/C=C\CCCCCCCC)OC(=O)CCCCCCC/C=C\C/C=C\CCCCCC. The highest BCUT2D eigenvalue weighted by Gasteiger charge is 2.19. The summed E-state index contributed by atoms with van der Waals surface area (Å²) in [6.45, 7) is 6.52. The molecule has 0 bridgehead atoms. The summed E-state index contributed by atoms with van der Waals surface area (Å²) in [4.78, 5) is 38.3. The standard InChI is InChI=1S/C70H122O6/c1-4-7-10-13-16-19-22-25-28-30-31-32-33-34-35-36-37-38-39-40-43-45-48-51-54-57-60-63-69(72)75-66-67(65-74-68(71)62-59-56-53-50-47-44-41-27-24-21-18-15-12-9-6-3)76-70(73)64-61-58-55-52-49-46-42-29-26-23-20-17-14-11-8-5-2/h7,10,16,19-20,23,25,27-29,31-32,41-42,67H,4-6,8-9,11-15,17-18,21-22,24,26,30,33-40,43-66H2,1-3H3/b10-7-,19-16-,23-20-,28-25-,32-31-,41-27-,42-29-. The summed E-state index contributed by atoms with van der Waals surface area (Å²) < 4.78 is 16.9. The fraction of sp³-hybridized carbons (Fsp3) is 0.757. The number of carbonyl (C=O) groups excluding carboxylic acids is 3. The van der Waals surface area contributed by atoms with E-state index in [1.807, 2.05) is 0 Å². The molecule has 0 saturated carbocycles. The molecule has 6 nitrogen and oxygen atoms in total. The summed E-state index contributed by atoms with van der Waals surface area (Å²) in [5.41, 5.74) is 0. The lowest BCUT2D eigenvalue weighted by Crippen LogP contribution is -2.30. The number of rotatable bonds is 59. The first-order valence-electron chi connectivity index (χ1n) is 32.6. The van der Waals surface area contributed by atoms with Crippen molar-refractivity contribution >= 4 is 17.9 Å². The molecule has 1 atom stereocenters. The van der Waals surface area contributed by atoms with Crippen molar-refractivity contribution in [2.45, 2.75) is 329 Å². The van der Waals surface area contributed by atoms with Crippen molar-refractivity contribution < 1.29 is 28.6 Å². The second-order valence-electron chi connectivity index (χ2n) is 21.6. The molecule has 0 aliphatic rings. The molecule has 0 aliphatic carbocycles. The highest BCUT2D eigenvalue weighted by atomic mass is 16.6. The number of unbranched alkanes of at least 4 members (excludes halogenated alkanes) is 34. The lowest BCUT2D eigenvalue weighted by molar-refractivity contribution is -0.167. The molecule has 0 N–H and O–H groups in total. The van der Waals surface area contributed by atoms with Gasteiger partial charge in [-0.05, 0) is 116 Å². The summed E-state index contributed by atoms with van der Waals surface area (Å²) in [7, 11) is 0. The Balaban J connectivity index is 4.29. The minimum Gasteiger partial charge on any atom is -0.462 e. The van der Waals surface area contributed by atoms with E-state index in [2.05, 4.69) is 106 Å². The Labute approximate surface area is 471 Å². The topological polar surface area (TPSA) is 78.9 Å². The lowest BCUT2D eigenvalue weighted by Gasteiger charge is -2.18. The Hall–Kier alpha value is -3.41. The van der Waals surface area contributed by atoms with Crippen molar-refractivity contribution in [1.29, 1.82) is 0 Å². The highest BCUT2D eigenvalue weighted by molar-refractivity contribution is 5.71. The summed E-state index contributed by atoms with van der Waals surface area (Å²) >= 11 is 0. The van der Waals surface area contributed by atoms with Gasteiger partial charge in [0.05, 0.1) is 0 Å². The molecule has 0 aromatic rings. The van der Waals surface area contributed by atoms with E-state index >= 15 is 0 Å². The van der Waals surface area contributed by atoms with Crippen molar-refractivity contribution in [3.8, 4) is 0 Å². The maximum atomic E-state index is 12.9. The Morgan fingerprint density at radius 3 is 0.829 bits per heavy atom. The van der Waals surface area contributed by atoms with E-state index in [0.29, 0.717) is 19.3 Å². The number of ether oxygens (including phenoxy) is 3. The summed E-state index contributed by atoms with van der Waals surface area (Å²) in [5.74, 6) is -0.893. The van der Waals surface area contributed by atoms with Crippen molar-refractivity contribution in [3.05, 3.63) is 85.1 Å². The summed E-state index contributed by atoms with van der Waals surface area (Å²) in [6.07, 6.45) is 84.5. The Morgan fingerprint density at radius 2 is 0.513 bits per heavy atom. The van der Waals surface area contributed by atoms with Crippen molar-refractivity contribution in [2.75, 3.05) is 13.2 Å². The molecule has 0 heterocycles. The highest BCUT2D eigenvalue weighted by Crippen LogP contribution is 2.16. The second kappa shape index (κ2) is 64.1. The van der Waals surface area contributed by atoms with Gasteiger partial charge in [-0.15, -0.1) is 0 Å². The molecule has 1 unspecified atom stereocenters. The monoisotopic (exact) mass is 1060 g/mol. The third-order valence-electron chi connectivity index (χ3n) is 14.1. The molecule has 0 rings (SSSR count). The van der Waals surface area contributed by atoms with Crippen LogP contribution in [0.3, 0.4) is 0 Å². The largest absolute Gasteiger partial charge is 0.462 e. The van der Waals surface area contributed by atoms with Crippen LogP contribution in [0.15, 0.2) is 85.1 Å². The third kappa shape index (κ3) is 61.4. The van der Waals surface area contributed by atoms with Crippen LogP contribution < -0.4 is 0 Å². The first-order valence-corrected chi connectivity index (χ1v) is 32.6. The molecule has 0 aromatic heterocycles. The van der Waals surface area contributed by atoms with Crippen LogP contribution in [0.25, 0.3) is 0 Å². The number of carbonyl (C=O) groups is 3. The van der Waals surface area contributed by atoms with Gasteiger partial charge in [0.2, 0.25) is 0 Å². The zero-order chi connectivity index (χ0) is 55.0. The fourth-order valence-corrected chi connectivity index (χ4v) is 9.23. The maximum Gasteiger partial charge on any atom is 0.306 e. The molecule has 0 saturated heterocycles. The molecule has 0 aliphatic heterocycles. The average Bonchev–Trinajstić information content (AvgIpc) is 3.42. The van der Waals surface area contributed by atoms with Crippen LogP contribution >= 0.6 is 0 Å². The molecule has 0 amide bonds. The van der Waals surface area contributed by atoms with Crippen LogP contribution in [0.4, 0.5) is 0 Å². The lowest BCUT2D eigenvalue weighted by atomic mass is 10.0. The predicted molar refractivity (Wildman–Crippen MR) is 330 cm³/mol. The number of allylic oxidation sites excluding steroid dienone is 14. The van der Waals surface area contributed by atoms with Crippen LogP contribution in [0.2, 0.25) is 0 Å². The minimum atomic E-state index is -0.788. The van der Waals surface area contributed by atoms with Gasteiger partial charge >= 0.3 is 17.9 Å². The molecular formula is C70H122O6. The van der Waals surface area contributed by atoms with E-state index in [1.165, 1.54) is 167 Å². The quantitative estimate of drug-likeness (QED) is 0.0261. The van der Waals surface area contributed by atoms with E-state index in [0.717, 1.165) is 116 Å². The van der Waals surface area contributed by atoms with Crippen LogP contribution in [0, 0.1) is 0 Å². The Kier molecular flexibility index (Phi) is 61.2. The molecule has 6 heteroatoms. The third-order valence-corrected chi connectivity index (χ3v) is 14.1. The van der Waals surface area contributed by atoms with E-state index in [4.69, 9.17) is 14.2 Å². The zero-order valence-electron chi connectivity index (χ0n) is 50.3. The molecule has 0 radical (unpaired) electrons. The van der Waals surface area contributed by atoms with Crippen molar-refractivity contribution in [3.63, 3.8) is 0 Å². The second-order valence-corrected chi connectivity index (χ2v) is 21.6. The van der Waals surface area contributed by atoms with Gasteiger partial charge in [0, 0.05) is 19.3 Å². The molecular weight excluding hydrogens is 937 g/mol. The molecule has 76 heavy (non-hydrogen) atoms. The Morgan fingerprint density at radius 1 is 0.276 bits per heavy atom. The van der Waals surface area contributed by atoms with E-state index in [9.17, 15) is 14.4 Å². The van der Waals surface area contributed by atoms with Gasteiger partial charge in [0.15, 0.2) is 6.10 Å². The van der Waals surface area contributed by atoms with Gasteiger partial charge < -0.3 is 14.2 Å². The zero-order valence-corrected chi connectivity index (χ0v) is 50.3. The van der Waals surface area contributed by atoms with Crippen LogP contribution in [-0.4, -0.2) is 37.2 Å². The van der Waals surface area contributed by atoms with Crippen molar-refractivity contribution in [2.24, 2.45) is 0 Å². The molecule has 438 valence electrons. The van der Waals surface area contributed by atoms with Gasteiger partial charge in [0.1, 0.15) is 13.2 Å². The smallest absolute Gasteiger partial charge is 0.306 e. The van der Waals surface area contributed by atoms with E-state index in [1.54, 1.807) is 0 Å². The van der Waals surface area contributed by atoms with Crippen LogP contribution in [0.5, 0.6) is 0 Å². The first-order chi connectivity index (χ1) is 37.5. The van der Waals surface area contributed by atoms with E-state index in [-0.39, 0.29) is 31.1 Å². The van der Waals surface area contributed by atoms with Crippen molar-refractivity contribution in [1.82, 2.24) is 0 Å². The van der Waals surface area contributed by atoms with Gasteiger partial charge in [0.25, 0.3) is 0 Å². The van der Waals surface area contributed by atoms with Crippen LogP contribution in [0.1, 0.15) is 323 Å². The van der Waals surface area contributed by atoms with Gasteiger partial charge in [-0.3, -0.25) is 14.4 Å². The Bertz CT molecular complexity index is 1450. The van der Waals surface area contributed by atoms with Crippen LogP contribution in [-0.2, 0) is 28.6 Å². The van der Waals surface area contributed by atoms with Gasteiger partial charge in [-0.2, -0.15) is 0 Å².